The first kappa shape index (κ1) is 23.7. The van der Waals surface area contributed by atoms with Crippen molar-refractivity contribution in [1.29, 1.82) is 0 Å². The van der Waals surface area contributed by atoms with Crippen molar-refractivity contribution in [2.24, 2.45) is 16.8 Å². The molecule has 33 heavy (non-hydrogen) atoms. The molecule has 3 N–H and O–H groups in total. The van der Waals surface area contributed by atoms with Crippen LogP contribution in [0.15, 0.2) is 34.2 Å². The minimum Gasteiger partial charge on any atom is -0.409 e. The van der Waals surface area contributed by atoms with E-state index in [0.29, 0.717) is 17.6 Å². The predicted octanol–water partition coefficient (Wildman–Crippen LogP) is 4.66. The van der Waals surface area contributed by atoms with Gasteiger partial charge in [-0.15, -0.1) is 0 Å². The second-order valence-corrected chi connectivity index (χ2v) is 9.94. The summed E-state index contributed by atoms with van der Waals surface area (Å²) in [5.41, 5.74) is 7.12. The lowest BCUT2D eigenvalue weighted by molar-refractivity contribution is 0.0353. The van der Waals surface area contributed by atoms with Gasteiger partial charge in [0.25, 0.3) is 5.56 Å². The molecule has 7 heteroatoms. The summed E-state index contributed by atoms with van der Waals surface area (Å²) in [6.07, 6.45) is 12.1. The number of piperidine rings is 1. The third kappa shape index (κ3) is 4.93. The fraction of sp³-hybridized carbons (Fsp3) is 0.654. The highest BCUT2D eigenvalue weighted by Gasteiger charge is 2.36. The van der Waals surface area contributed by atoms with Crippen LogP contribution < -0.4 is 11.3 Å². The maximum absolute atomic E-state index is 13.5. The van der Waals surface area contributed by atoms with Crippen LogP contribution >= 0.6 is 0 Å². The summed E-state index contributed by atoms with van der Waals surface area (Å²) in [6, 6.07) is 8.91. The SMILES string of the molecule is CCCC1CCC[C@H](N2CC[C@H](n3c(=O)c(/C(N)=N/O)nc4ccccc43)C[C@@H]2CCC)C1. The van der Waals surface area contributed by atoms with Gasteiger partial charge >= 0.3 is 0 Å². The van der Waals surface area contributed by atoms with Gasteiger partial charge in [0.05, 0.1) is 11.0 Å². The van der Waals surface area contributed by atoms with Gasteiger partial charge in [-0.05, 0) is 50.2 Å². The van der Waals surface area contributed by atoms with Crippen LogP contribution in [-0.2, 0) is 0 Å². The Kier molecular flexibility index (Phi) is 7.68. The Morgan fingerprint density at radius 3 is 2.67 bits per heavy atom. The van der Waals surface area contributed by atoms with Crippen molar-refractivity contribution >= 4 is 16.9 Å². The summed E-state index contributed by atoms with van der Waals surface area (Å²) in [6.45, 7) is 5.57. The molecule has 180 valence electrons. The lowest BCUT2D eigenvalue weighted by atomic mass is 9.80. The molecule has 2 fully saturated rings. The molecule has 0 bridgehead atoms. The van der Waals surface area contributed by atoms with Crippen LogP contribution in [0.3, 0.4) is 0 Å². The Morgan fingerprint density at radius 1 is 1.12 bits per heavy atom. The van der Waals surface area contributed by atoms with Gasteiger partial charge in [-0.25, -0.2) is 4.98 Å². The van der Waals surface area contributed by atoms with Crippen LogP contribution in [-0.4, -0.2) is 44.1 Å². The molecule has 1 aliphatic carbocycles. The van der Waals surface area contributed by atoms with Gasteiger partial charge in [0, 0.05) is 24.7 Å². The molecule has 1 unspecified atom stereocenters. The molecular formula is C26H39N5O2. The van der Waals surface area contributed by atoms with Gasteiger partial charge in [-0.1, -0.05) is 63.2 Å². The first-order valence-corrected chi connectivity index (χ1v) is 12.8. The maximum Gasteiger partial charge on any atom is 0.281 e. The average molecular weight is 454 g/mol. The van der Waals surface area contributed by atoms with E-state index in [1.54, 1.807) is 0 Å². The van der Waals surface area contributed by atoms with Gasteiger partial charge in [-0.3, -0.25) is 9.69 Å². The quantitative estimate of drug-likeness (QED) is 0.275. The molecule has 1 aliphatic heterocycles. The number of benzene rings is 1. The topological polar surface area (TPSA) is 96.7 Å². The zero-order chi connectivity index (χ0) is 23.4. The van der Waals surface area contributed by atoms with Crippen molar-refractivity contribution in [2.45, 2.75) is 96.2 Å². The molecule has 4 rings (SSSR count). The summed E-state index contributed by atoms with van der Waals surface area (Å²) in [7, 11) is 0. The number of nitrogens with two attached hydrogens (primary N) is 1. The lowest BCUT2D eigenvalue weighted by Gasteiger charge is -2.47. The molecule has 1 aromatic carbocycles. The normalized spacial score (nSPS) is 27.2. The molecular weight excluding hydrogens is 414 g/mol. The van der Waals surface area contributed by atoms with Crippen molar-refractivity contribution in [3.8, 4) is 0 Å². The minimum atomic E-state index is -0.265. The van der Waals surface area contributed by atoms with Crippen molar-refractivity contribution in [1.82, 2.24) is 14.5 Å². The lowest BCUT2D eigenvalue weighted by Crippen LogP contribution is -2.51. The molecule has 2 aromatic rings. The van der Waals surface area contributed by atoms with Crippen LogP contribution in [0.4, 0.5) is 0 Å². The van der Waals surface area contributed by atoms with Crippen LogP contribution in [0.5, 0.6) is 0 Å². The van der Waals surface area contributed by atoms with E-state index in [1.165, 1.54) is 38.5 Å². The number of rotatable bonds is 7. The molecule has 2 heterocycles. The molecule has 2 aliphatic rings. The fourth-order valence-electron chi connectivity index (χ4n) is 6.35. The second-order valence-electron chi connectivity index (χ2n) is 9.94. The van der Waals surface area contributed by atoms with Gasteiger partial charge in [-0.2, -0.15) is 0 Å². The Labute approximate surface area is 196 Å². The monoisotopic (exact) mass is 453 g/mol. The third-order valence-corrected chi connectivity index (χ3v) is 7.79. The number of hydrogen-bond acceptors (Lipinski definition) is 5. The van der Waals surface area contributed by atoms with Gasteiger partial charge in [0.15, 0.2) is 11.5 Å². The van der Waals surface area contributed by atoms with E-state index < -0.39 is 0 Å². The number of aromatic nitrogens is 2. The smallest absolute Gasteiger partial charge is 0.281 e. The van der Waals surface area contributed by atoms with Crippen LogP contribution in [0.1, 0.15) is 89.8 Å². The van der Waals surface area contributed by atoms with Gasteiger partial charge in [0.1, 0.15) is 0 Å². The van der Waals surface area contributed by atoms with E-state index >= 15 is 0 Å². The van der Waals surface area contributed by atoms with Crippen molar-refractivity contribution in [3.05, 3.63) is 40.3 Å². The fourth-order valence-corrected chi connectivity index (χ4v) is 6.35. The van der Waals surface area contributed by atoms with Crippen molar-refractivity contribution in [3.63, 3.8) is 0 Å². The summed E-state index contributed by atoms with van der Waals surface area (Å²) in [4.78, 5) is 20.6. The Bertz CT molecular complexity index is 1030. The predicted molar refractivity (Wildman–Crippen MR) is 133 cm³/mol. The van der Waals surface area contributed by atoms with E-state index in [4.69, 9.17) is 5.73 Å². The van der Waals surface area contributed by atoms with E-state index in [2.05, 4.69) is 28.9 Å². The summed E-state index contributed by atoms with van der Waals surface area (Å²) >= 11 is 0. The molecule has 1 aromatic heterocycles. The molecule has 1 saturated heterocycles. The molecule has 4 atom stereocenters. The van der Waals surface area contributed by atoms with E-state index in [0.717, 1.165) is 43.7 Å². The van der Waals surface area contributed by atoms with Crippen molar-refractivity contribution < 1.29 is 5.21 Å². The zero-order valence-corrected chi connectivity index (χ0v) is 20.1. The molecule has 1 saturated carbocycles. The standard InChI is InChI=1S/C26H39N5O2/c1-3-8-18-10-7-11-20(16-18)30-15-14-21(17-19(30)9-4-2)31-23-13-6-5-12-22(23)28-24(26(31)32)25(27)29-33/h5-6,12-13,18-21,33H,3-4,7-11,14-17H2,1-2H3,(H2,27,29)/t18?,19-,20-,21-/m0/s1. The van der Waals surface area contributed by atoms with Crippen LogP contribution in [0.25, 0.3) is 11.0 Å². The molecule has 7 nitrogen and oxygen atoms in total. The van der Waals surface area contributed by atoms with Crippen molar-refractivity contribution in [2.75, 3.05) is 6.54 Å². The van der Waals surface area contributed by atoms with E-state index in [9.17, 15) is 10.0 Å². The highest BCUT2D eigenvalue weighted by atomic mass is 16.4. The Balaban J connectivity index is 1.65. The van der Waals surface area contributed by atoms with Gasteiger partial charge < -0.3 is 15.5 Å². The highest BCUT2D eigenvalue weighted by molar-refractivity contribution is 5.96. The first-order valence-electron chi connectivity index (χ1n) is 12.8. The summed E-state index contributed by atoms with van der Waals surface area (Å²) in [5.74, 6) is 0.634. The third-order valence-electron chi connectivity index (χ3n) is 7.79. The number of oxime groups is 1. The number of likely N-dealkylation sites (tertiary alicyclic amines) is 1. The molecule has 0 spiro atoms. The second kappa shape index (κ2) is 10.7. The number of para-hydroxylation sites is 2. The molecule has 0 radical (unpaired) electrons. The highest BCUT2D eigenvalue weighted by Crippen LogP contribution is 2.37. The Morgan fingerprint density at radius 2 is 1.91 bits per heavy atom. The van der Waals surface area contributed by atoms with Crippen LogP contribution in [0.2, 0.25) is 0 Å². The Hall–Kier alpha value is -2.41. The zero-order valence-electron chi connectivity index (χ0n) is 20.1. The van der Waals surface area contributed by atoms with Gasteiger partial charge in [0.2, 0.25) is 0 Å². The van der Waals surface area contributed by atoms with E-state index in [-0.39, 0.29) is 23.1 Å². The maximum atomic E-state index is 13.5. The van der Waals surface area contributed by atoms with E-state index in [1.807, 2.05) is 28.8 Å². The number of hydrogen-bond donors (Lipinski definition) is 2. The molecule has 0 amide bonds. The number of nitrogens with zero attached hydrogens (tertiary/aromatic N) is 4. The largest absolute Gasteiger partial charge is 0.409 e. The minimum absolute atomic E-state index is 0.0281. The summed E-state index contributed by atoms with van der Waals surface area (Å²) < 4.78 is 1.87. The number of amidine groups is 1. The number of fused-ring (bicyclic) bond motifs is 1. The van der Waals surface area contributed by atoms with Crippen LogP contribution in [0, 0.1) is 5.92 Å². The average Bonchev–Trinajstić information content (AvgIpc) is 2.84. The summed E-state index contributed by atoms with van der Waals surface area (Å²) in [5, 5.41) is 12.3. The first-order chi connectivity index (χ1) is 16.1.